The average Bonchev–Trinajstić information content (AvgIpc) is 2.97. The fourth-order valence-corrected chi connectivity index (χ4v) is 2.14. The first-order valence-corrected chi connectivity index (χ1v) is 6.67. The van der Waals surface area contributed by atoms with Gasteiger partial charge in [-0.05, 0) is 25.1 Å². The Labute approximate surface area is 122 Å². The summed E-state index contributed by atoms with van der Waals surface area (Å²) in [5.74, 6) is -0.518. The van der Waals surface area contributed by atoms with E-state index < -0.39 is 12.3 Å². The van der Waals surface area contributed by atoms with Gasteiger partial charge in [0.1, 0.15) is 12.2 Å². The van der Waals surface area contributed by atoms with Crippen molar-refractivity contribution >= 4 is 23.5 Å². The molecule has 0 fully saturated rings. The molecule has 0 aliphatic carbocycles. The van der Waals surface area contributed by atoms with Crippen molar-refractivity contribution in [3.05, 3.63) is 39.6 Å². The van der Waals surface area contributed by atoms with Crippen molar-refractivity contribution in [2.45, 2.75) is 19.9 Å². The predicted molar refractivity (Wildman–Crippen MR) is 71.9 cm³/mol. The van der Waals surface area contributed by atoms with E-state index in [4.69, 9.17) is 0 Å². The Bertz CT molecular complexity index is 665. The van der Waals surface area contributed by atoms with Crippen molar-refractivity contribution in [3.63, 3.8) is 0 Å². The molecule has 0 atom stereocenters. The number of nitrogens with one attached hydrogen (secondary N) is 1. The topological polar surface area (TPSA) is 59.3 Å². The minimum absolute atomic E-state index is 0.227. The summed E-state index contributed by atoms with van der Waals surface area (Å²) in [5.41, 5.74) is 2.29. The lowest BCUT2D eigenvalue weighted by Crippen LogP contribution is -2.24. The summed E-state index contributed by atoms with van der Waals surface area (Å²) in [6, 6.07) is 4.02. The van der Waals surface area contributed by atoms with E-state index in [0.29, 0.717) is 10.6 Å². The lowest BCUT2D eigenvalue weighted by Gasteiger charge is -2.02. The molecule has 21 heavy (non-hydrogen) atoms. The molecule has 5 nitrogen and oxygen atoms in total. The van der Waals surface area contributed by atoms with Gasteiger partial charge < -0.3 is 0 Å². The monoisotopic (exact) mass is 316 g/mol. The maximum atomic E-state index is 12.7. The molecule has 0 aliphatic heterocycles. The zero-order valence-corrected chi connectivity index (χ0v) is 11.7. The van der Waals surface area contributed by atoms with E-state index >= 15 is 0 Å². The molecule has 0 aromatic carbocycles. The molecule has 2 rings (SSSR count). The van der Waals surface area contributed by atoms with E-state index in [1.807, 2.05) is 0 Å². The van der Waals surface area contributed by atoms with Gasteiger partial charge in [-0.2, -0.15) is 14.6 Å². The third-order valence-corrected chi connectivity index (χ3v) is 3.30. The highest BCUT2D eigenvalue weighted by Crippen LogP contribution is 2.17. The molecule has 0 saturated heterocycles. The van der Waals surface area contributed by atoms with E-state index in [1.165, 1.54) is 24.4 Å². The minimum atomic E-state index is -2.68. The van der Waals surface area contributed by atoms with Gasteiger partial charge in [-0.3, -0.25) is 9.48 Å². The molecule has 9 heteroatoms. The Hall–Kier alpha value is -2.16. The molecule has 0 bridgehead atoms. The number of carbonyl (C=O) groups excluding carboxylic acids is 1. The summed E-state index contributed by atoms with van der Waals surface area (Å²) in [4.78, 5) is 12.1. The molecule has 0 spiro atoms. The van der Waals surface area contributed by atoms with Gasteiger partial charge in [-0.15, -0.1) is 11.3 Å². The predicted octanol–water partition coefficient (Wildman–Crippen LogP) is 2.48. The van der Waals surface area contributed by atoms with Crippen molar-refractivity contribution < 1.29 is 18.0 Å². The van der Waals surface area contributed by atoms with Crippen LogP contribution in [-0.4, -0.2) is 21.9 Å². The van der Waals surface area contributed by atoms with Crippen LogP contribution in [0.3, 0.4) is 0 Å². The number of halogens is 3. The Kier molecular flexibility index (Phi) is 4.73. The van der Waals surface area contributed by atoms with Crippen LogP contribution in [0.15, 0.2) is 23.3 Å². The molecule has 1 N–H and O–H groups in total. The third-order valence-electron chi connectivity index (χ3n) is 2.49. The summed E-state index contributed by atoms with van der Waals surface area (Å²) in [6.45, 7) is 1.35. The Balaban J connectivity index is 1.91. The van der Waals surface area contributed by atoms with Gasteiger partial charge in [-0.1, -0.05) is 0 Å². The molecule has 1 amide bonds. The number of aryl methyl sites for hydroxylation is 1. The molecule has 2 aromatic rings. The number of aromatic nitrogens is 2. The van der Waals surface area contributed by atoms with Gasteiger partial charge in [-0.25, -0.2) is 14.2 Å². The van der Waals surface area contributed by atoms with Crippen molar-refractivity contribution in [2.75, 3.05) is 0 Å². The summed E-state index contributed by atoms with van der Waals surface area (Å²) in [7, 11) is 0. The van der Waals surface area contributed by atoms with Crippen molar-refractivity contribution in [1.29, 1.82) is 0 Å². The molecular weight excluding hydrogens is 305 g/mol. The van der Waals surface area contributed by atoms with Gasteiger partial charge in [0.15, 0.2) is 5.13 Å². The highest BCUT2D eigenvalue weighted by molar-refractivity contribution is 7.12. The number of nitrogens with zero attached hydrogens (tertiary/aromatic N) is 3. The lowest BCUT2D eigenvalue weighted by atomic mass is 10.4. The van der Waals surface area contributed by atoms with Crippen molar-refractivity contribution in [2.24, 2.45) is 5.10 Å². The van der Waals surface area contributed by atoms with Crippen LogP contribution in [0, 0.1) is 12.1 Å². The standard InChI is InChI=1S/C12H11F3N4OS/c1-7-4-9(12(14)15)18-19(7)6-11(20)17-16-5-8-2-3-10(13)21-8/h2-5,12H,6H2,1H3,(H,17,20). The molecule has 0 radical (unpaired) electrons. The number of rotatable bonds is 5. The molecule has 0 saturated carbocycles. The maximum Gasteiger partial charge on any atom is 0.282 e. The second kappa shape index (κ2) is 6.53. The van der Waals surface area contributed by atoms with Crippen molar-refractivity contribution in [3.8, 4) is 0 Å². The van der Waals surface area contributed by atoms with Crippen LogP contribution in [0.2, 0.25) is 0 Å². The zero-order valence-electron chi connectivity index (χ0n) is 10.9. The van der Waals surface area contributed by atoms with Gasteiger partial charge in [0, 0.05) is 5.69 Å². The molecular formula is C12H11F3N4OS. The van der Waals surface area contributed by atoms with Crippen LogP contribution < -0.4 is 5.43 Å². The Morgan fingerprint density at radius 3 is 2.90 bits per heavy atom. The lowest BCUT2D eigenvalue weighted by molar-refractivity contribution is -0.121. The van der Waals surface area contributed by atoms with E-state index in [2.05, 4.69) is 15.6 Å². The second-order valence-corrected chi connectivity index (χ2v) is 5.17. The second-order valence-electron chi connectivity index (χ2n) is 4.10. The molecule has 2 aromatic heterocycles. The summed E-state index contributed by atoms with van der Waals surface area (Å²) in [6.07, 6.45) is -1.38. The fourth-order valence-electron chi connectivity index (χ4n) is 1.54. The number of amides is 1. The number of carbonyl (C=O) groups is 1. The van der Waals surface area contributed by atoms with Gasteiger partial charge in [0.05, 0.1) is 11.1 Å². The molecule has 0 aliphatic rings. The molecule has 112 valence electrons. The highest BCUT2D eigenvalue weighted by Gasteiger charge is 2.14. The molecule has 0 unspecified atom stereocenters. The largest absolute Gasteiger partial charge is 0.282 e. The number of hydrogen-bond acceptors (Lipinski definition) is 4. The SMILES string of the molecule is Cc1cc(C(F)F)nn1CC(=O)NN=Cc1ccc(F)s1. The van der Waals surface area contributed by atoms with Crippen molar-refractivity contribution in [1.82, 2.24) is 15.2 Å². The van der Waals surface area contributed by atoms with E-state index in [-0.39, 0.29) is 17.4 Å². The first-order valence-electron chi connectivity index (χ1n) is 5.85. The smallest absolute Gasteiger partial charge is 0.271 e. The normalized spacial score (nSPS) is 11.5. The number of alkyl halides is 2. The van der Waals surface area contributed by atoms with Crippen LogP contribution in [0.1, 0.15) is 22.7 Å². The van der Waals surface area contributed by atoms with Gasteiger partial charge in [0.2, 0.25) is 0 Å². The summed E-state index contributed by atoms with van der Waals surface area (Å²) < 4.78 is 38.8. The van der Waals surface area contributed by atoms with Gasteiger partial charge in [0.25, 0.3) is 12.3 Å². The first-order chi connectivity index (χ1) is 9.95. The van der Waals surface area contributed by atoms with Gasteiger partial charge >= 0.3 is 0 Å². The van der Waals surface area contributed by atoms with E-state index in [9.17, 15) is 18.0 Å². The van der Waals surface area contributed by atoms with Crippen LogP contribution in [0.5, 0.6) is 0 Å². The average molecular weight is 316 g/mol. The third kappa shape index (κ3) is 4.15. The fraction of sp³-hybridized carbons (Fsp3) is 0.250. The zero-order chi connectivity index (χ0) is 15.4. The Morgan fingerprint density at radius 2 is 2.33 bits per heavy atom. The molecule has 2 heterocycles. The van der Waals surface area contributed by atoms with Crippen LogP contribution in [-0.2, 0) is 11.3 Å². The maximum absolute atomic E-state index is 12.7. The van der Waals surface area contributed by atoms with E-state index in [1.54, 1.807) is 6.92 Å². The summed E-state index contributed by atoms with van der Waals surface area (Å²) >= 11 is 0.884. The van der Waals surface area contributed by atoms with E-state index in [0.717, 1.165) is 16.0 Å². The van der Waals surface area contributed by atoms with Crippen LogP contribution >= 0.6 is 11.3 Å². The number of thiophene rings is 1. The summed E-state index contributed by atoms with van der Waals surface area (Å²) in [5, 5.41) is 6.93. The van der Waals surface area contributed by atoms with Crippen LogP contribution in [0.25, 0.3) is 0 Å². The Morgan fingerprint density at radius 1 is 1.57 bits per heavy atom. The van der Waals surface area contributed by atoms with Crippen LogP contribution in [0.4, 0.5) is 13.2 Å². The minimum Gasteiger partial charge on any atom is -0.271 e. The first kappa shape index (κ1) is 15.2. The number of hydrogen-bond donors (Lipinski definition) is 1. The highest BCUT2D eigenvalue weighted by atomic mass is 32.1. The quantitative estimate of drug-likeness (QED) is 0.680. The number of hydrazone groups is 1.